The molecular formula is C21H23INO4+. The first kappa shape index (κ1) is 19.7. The minimum absolute atomic E-state index is 0.180. The van der Waals surface area contributed by atoms with Crippen LogP contribution < -0.4 is 15.1 Å². The molecule has 0 aliphatic rings. The van der Waals surface area contributed by atoms with E-state index in [2.05, 4.69) is 22.6 Å². The van der Waals surface area contributed by atoms with Crippen molar-refractivity contribution in [3.63, 3.8) is 0 Å². The molecular weight excluding hydrogens is 457 g/mol. The molecule has 0 aliphatic carbocycles. The van der Waals surface area contributed by atoms with Crippen LogP contribution in [0.25, 0.3) is 11.0 Å². The van der Waals surface area contributed by atoms with Crippen LogP contribution in [0.4, 0.5) is 0 Å². The summed E-state index contributed by atoms with van der Waals surface area (Å²) in [6, 6.07) is 9.18. The number of phenolic OH excluding ortho intramolecular Hbond substituents is 1. The first-order chi connectivity index (χ1) is 12.8. The van der Waals surface area contributed by atoms with Crippen molar-refractivity contribution < 1.29 is 19.2 Å². The van der Waals surface area contributed by atoms with Gasteiger partial charge in [0.15, 0.2) is 5.58 Å². The average Bonchev–Trinajstić information content (AvgIpc) is 2.62. The van der Waals surface area contributed by atoms with E-state index in [9.17, 15) is 9.90 Å². The molecule has 3 rings (SSSR count). The molecule has 3 aromatic rings. The lowest BCUT2D eigenvalue weighted by atomic mass is 10.0. The van der Waals surface area contributed by atoms with Gasteiger partial charge in [0.25, 0.3) is 0 Å². The third-order valence-electron chi connectivity index (χ3n) is 4.40. The third kappa shape index (κ3) is 3.96. The Morgan fingerprint density at radius 1 is 1.22 bits per heavy atom. The first-order valence-corrected chi connectivity index (χ1v) is 9.93. The van der Waals surface area contributed by atoms with Gasteiger partial charge in [-0.25, -0.2) is 0 Å². The summed E-state index contributed by atoms with van der Waals surface area (Å²) in [5.74, 6) is 1.36. The number of ether oxygens (including phenoxy) is 1. The number of phenols is 1. The molecule has 0 spiro atoms. The van der Waals surface area contributed by atoms with E-state index in [1.807, 2.05) is 45.3 Å². The standard InChI is InChI=1S/C21H22INO4/c1-5-13-10-16-19(25)20(27-15-8-6-14(22)7-9-15)12(2)26-21(16)17(18(13)24)11-23(3)4/h6-10,24H,5,11H2,1-4H3/p+1. The highest BCUT2D eigenvalue weighted by molar-refractivity contribution is 14.1. The van der Waals surface area contributed by atoms with Crippen molar-refractivity contribution in [3.8, 4) is 17.2 Å². The molecule has 6 heteroatoms. The summed E-state index contributed by atoms with van der Waals surface area (Å²) in [5, 5.41) is 11.1. The van der Waals surface area contributed by atoms with Crippen molar-refractivity contribution in [3.05, 3.63) is 61.0 Å². The van der Waals surface area contributed by atoms with Gasteiger partial charge in [-0.3, -0.25) is 4.79 Å². The second-order valence-electron chi connectivity index (χ2n) is 6.85. The quantitative estimate of drug-likeness (QED) is 0.550. The van der Waals surface area contributed by atoms with Crippen molar-refractivity contribution in [2.24, 2.45) is 0 Å². The zero-order chi connectivity index (χ0) is 19.7. The van der Waals surface area contributed by atoms with Crippen LogP contribution in [0.3, 0.4) is 0 Å². The van der Waals surface area contributed by atoms with Crippen LogP contribution in [0.1, 0.15) is 23.8 Å². The zero-order valence-corrected chi connectivity index (χ0v) is 18.0. The minimum atomic E-state index is -0.225. The molecule has 0 bridgehead atoms. The number of fused-ring (bicyclic) bond motifs is 1. The van der Waals surface area contributed by atoms with Crippen LogP contribution in [0.15, 0.2) is 39.5 Å². The van der Waals surface area contributed by atoms with E-state index in [1.54, 1.807) is 13.0 Å². The van der Waals surface area contributed by atoms with E-state index in [-0.39, 0.29) is 16.9 Å². The van der Waals surface area contributed by atoms with Crippen LogP contribution in [0.2, 0.25) is 0 Å². The van der Waals surface area contributed by atoms with E-state index in [1.165, 1.54) is 0 Å². The lowest BCUT2D eigenvalue weighted by Crippen LogP contribution is -3.04. The Hall–Kier alpha value is -2.06. The van der Waals surface area contributed by atoms with Gasteiger partial charge in [-0.05, 0) is 71.8 Å². The Labute approximate surface area is 171 Å². The summed E-state index contributed by atoms with van der Waals surface area (Å²) in [6.07, 6.45) is 0.623. The smallest absolute Gasteiger partial charge is 0.235 e. The lowest BCUT2D eigenvalue weighted by molar-refractivity contribution is -0.872. The monoisotopic (exact) mass is 480 g/mol. The Morgan fingerprint density at radius 3 is 2.48 bits per heavy atom. The highest BCUT2D eigenvalue weighted by atomic mass is 127. The molecule has 0 saturated carbocycles. The molecule has 0 atom stereocenters. The molecule has 0 fully saturated rings. The van der Waals surface area contributed by atoms with E-state index < -0.39 is 0 Å². The van der Waals surface area contributed by atoms with Gasteiger partial charge in [-0.2, -0.15) is 0 Å². The molecule has 0 aliphatic heterocycles. The molecule has 0 saturated heterocycles. The summed E-state index contributed by atoms with van der Waals surface area (Å²) in [5.41, 5.74) is 1.60. The van der Waals surface area contributed by atoms with Gasteiger partial charge < -0.3 is 19.2 Å². The summed E-state index contributed by atoms with van der Waals surface area (Å²) in [7, 11) is 3.98. The van der Waals surface area contributed by atoms with Crippen LogP contribution in [0, 0.1) is 10.5 Å². The van der Waals surface area contributed by atoms with Gasteiger partial charge >= 0.3 is 0 Å². The van der Waals surface area contributed by atoms with E-state index in [0.29, 0.717) is 41.0 Å². The molecule has 1 heterocycles. The number of aryl methyl sites for hydroxylation is 2. The fraction of sp³-hybridized carbons (Fsp3) is 0.286. The number of benzene rings is 2. The maximum absolute atomic E-state index is 13.2. The van der Waals surface area contributed by atoms with Crippen molar-refractivity contribution in [1.82, 2.24) is 0 Å². The van der Waals surface area contributed by atoms with Crippen molar-refractivity contribution in [1.29, 1.82) is 0 Å². The largest absolute Gasteiger partial charge is 0.507 e. The highest BCUT2D eigenvalue weighted by Gasteiger charge is 2.22. The summed E-state index contributed by atoms with van der Waals surface area (Å²) in [4.78, 5) is 14.3. The molecule has 5 nitrogen and oxygen atoms in total. The second-order valence-corrected chi connectivity index (χ2v) is 8.10. The van der Waals surface area contributed by atoms with E-state index in [0.717, 1.165) is 14.0 Å². The number of nitrogens with one attached hydrogen (secondary N) is 1. The molecule has 0 radical (unpaired) electrons. The SMILES string of the molecule is CCc1cc2c(=O)c(Oc3ccc(I)cc3)c(C)oc2c(C[NH+](C)C)c1O. The molecule has 0 unspecified atom stereocenters. The molecule has 0 amide bonds. The van der Waals surface area contributed by atoms with Gasteiger partial charge in [-0.1, -0.05) is 6.92 Å². The summed E-state index contributed by atoms with van der Waals surface area (Å²) in [6.45, 7) is 4.21. The topological polar surface area (TPSA) is 64.1 Å². The summed E-state index contributed by atoms with van der Waals surface area (Å²) >= 11 is 2.21. The van der Waals surface area contributed by atoms with E-state index in [4.69, 9.17) is 9.15 Å². The maximum Gasteiger partial charge on any atom is 0.235 e. The highest BCUT2D eigenvalue weighted by Crippen LogP contribution is 2.33. The fourth-order valence-electron chi connectivity index (χ4n) is 3.06. The predicted octanol–water partition coefficient (Wildman–Crippen LogP) is 3.41. The Balaban J connectivity index is 2.22. The average molecular weight is 480 g/mol. The third-order valence-corrected chi connectivity index (χ3v) is 5.12. The number of quaternary nitrogens is 1. The minimum Gasteiger partial charge on any atom is -0.507 e. The molecule has 1 aromatic heterocycles. The van der Waals surface area contributed by atoms with Crippen LogP contribution in [-0.4, -0.2) is 19.2 Å². The Morgan fingerprint density at radius 2 is 1.89 bits per heavy atom. The lowest BCUT2D eigenvalue weighted by Gasteiger charge is -2.15. The second kappa shape index (κ2) is 7.90. The van der Waals surface area contributed by atoms with Gasteiger partial charge in [0, 0.05) is 3.57 Å². The summed E-state index contributed by atoms with van der Waals surface area (Å²) < 4.78 is 12.9. The molecule has 27 heavy (non-hydrogen) atoms. The first-order valence-electron chi connectivity index (χ1n) is 8.85. The van der Waals surface area contributed by atoms with Gasteiger partial charge in [0.1, 0.15) is 23.8 Å². The number of halogens is 1. The van der Waals surface area contributed by atoms with Crippen molar-refractivity contribution in [2.75, 3.05) is 14.1 Å². The van der Waals surface area contributed by atoms with Gasteiger partial charge in [0.05, 0.1) is 25.0 Å². The Kier molecular flexibility index (Phi) is 5.76. The van der Waals surface area contributed by atoms with Crippen LogP contribution in [0.5, 0.6) is 17.2 Å². The number of aromatic hydroxyl groups is 1. The number of hydrogen-bond donors (Lipinski definition) is 2. The van der Waals surface area contributed by atoms with Crippen LogP contribution >= 0.6 is 22.6 Å². The zero-order valence-electron chi connectivity index (χ0n) is 15.9. The van der Waals surface area contributed by atoms with Gasteiger partial charge in [-0.15, -0.1) is 0 Å². The normalized spacial score (nSPS) is 11.3. The van der Waals surface area contributed by atoms with E-state index >= 15 is 0 Å². The number of hydrogen-bond acceptors (Lipinski definition) is 4. The Bertz CT molecular complexity index is 1040. The molecule has 142 valence electrons. The molecule has 2 aromatic carbocycles. The predicted molar refractivity (Wildman–Crippen MR) is 114 cm³/mol. The fourth-order valence-corrected chi connectivity index (χ4v) is 3.42. The van der Waals surface area contributed by atoms with Crippen molar-refractivity contribution in [2.45, 2.75) is 26.8 Å². The van der Waals surface area contributed by atoms with Gasteiger partial charge in [0.2, 0.25) is 11.2 Å². The maximum atomic E-state index is 13.2. The molecule has 2 N–H and O–H groups in total. The number of rotatable bonds is 5. The van der Waals surface area contributed by atoms with Crippen LogP contribution in [-0.2, 0) is 13.0 Å². The van der Waals surface area contributed by atoms with Crippen molar-refractivity contribution >= 4 is 33.6 Å².